The zero-order chi connectivity index (χ0) is 10.6. The van der Waals surface area contributed by atoms with Gasteiger partial charge in [0.05, 0.1) is 0 Å². The van der Waals surface area contributed by atoms with E-state index >= 15 is 0 Å². The third-order valence-electron chi connectivity index (χ3n) is 2.40. The Kier molecular flexibility index (Phi) is 3.72. The van der Waals surface area contributed by atoms with Gasteiger partial charge in [-0.1, -0.05) is 0 Å². The molecule has 0 N–H and O–H groups in total. The van der Waals surface area contributed by atoms with Crippen LogP contribution in [0.1, 0.15) is 26.7 Å². The van der Waals surface area contributed by atoms with E-state index < -0.39 is 0 Å². The fourth-order valence-corrected chi connectivity index (χ4v) is 1.25. The van der Waals surface area contributed by atoms with Crippen LogP contribution < -0.4 is 0 Å². The second-order valence-corrected chi connectivity index (χ2v) is 3.46. The molecule has 1 atom stereocenters. The third kappa shape index (κ3) is 2.60. The summed E-state index contributed by atoms with van der Waals surface area (Å²) in [6, 6.07) is 0. The molecule has 0 aliphatic heterocycles. The van der Waals surface area contributed by atoms with E-state index in [4.69, 9.17) is 4.74 Å². The minimum atomic E-state index is 0.000417. The summed E-state index contributed by atoms with van der Waals surface area (Å²) in [5, 5.41) is 0. The van der Waals surface area contributed by atoms with Crippen LogP contribution in [0, 0.1) is 5.92 Å². The molecule has 1 rings (SSSR count). The van der Waals surface area contributed by atoms with Crippen molar-refractivity contribution < 1.29 is 14.3 Å². The van der Waals surface area contributed by atoms with E-state index in [0.717, 1.165) is 12.8 Å². The lowest BCUT2D eigenvalue weighted by atomic mass is 10.3. The van der Waals surface area contributed by atoms with Crippen molar-refractivity contribution in [1.82, 2.24) is 4.90 Å². The number of amides is 1. The largest absolute Gasteiger partial charge is 0.467 e. The molecule has 4 nitrogen and oxygen atoms in total. The first kappa shape index (κ1) is 10.8. The summed E-state index contributed by atoms with van der Waals surface area (Å²) in [5.41, 5.74) is 0. The smallest absolute Gasteiger partial charge is 0.284 e. The fourth-order valence-electron chi connectivity index (χ4n) is 1.25. The Morgan fingerprint density at radius 1 is 1.71 bits per heavy atom. The minimum absolute atomic E-state index is 0.000417. The first-order chi connectivity index (χ1) is 6.72. The highest BCUT2D eigenvalue weighted by molar-refractivity contribution is 5.59. The summed E-state index contributed by atoms with van der Waals surface area (Å²) >= 11 is 0. The van der Waals surface area contributed by atoms with Crippen LogP contribution >= 0.6 is 0 Å². The SMILES string of the molecule is CCN(C=O)C(=C=O)OC(C)C1CC1. The van der Waals surface area contributed by atoms with Crippen LogP contribution in [-0.2, 0) is 14.3 Å². The predicted molar refractivity (Wildman–Crippen MR) is 50.9 cm³/mol. The molecule has 0 spiro atoms. The van der Waals surface area contributed by atoms with Gasteiger partial charge in [0, 0.05) is 6.54 Å². The monoisotopic (exact) mass is 197 g/mol. The van der Waals surface area contributed by atoms with E-state index in [1.54, 1.807) is 12.9 Å². The van der Waals surface area contributed by atoms with Gasteiger partial charge in [-0.15, -0.1) is 0 Å². The number of hydrogen-bond acceptors (Lipinski definition) is 3. The summed E-state index contributed by atoms with van der Waals surface area (Å²) in [5.74, 6) is 2.19. The summed E-state index contributed by atoms with van der Waals surface area (Å²) in [7, 11) is 0. The van der Waals surface area contributed by atoms with Gasteiger partial charge in [0.25, 0.3) is 5.88 Å². The van der Waals surface area contributed by atoms with Gasteiger partial charge in [-0.2, -0.15) is 0 Å². The van der Waals surface area contributed by atoms with Gasteiger partial charge in [0.2, 0.25) is 6.41 Å². The van der Waals surface area contributed by atoms with E-state index in [-0.39, 0.29) is 12.0 Å². The average Bonchev–Trinajstić information content (AvgIpc) is 3.01. The van der Waals surface area contributed by atoms with Gasteiger partial charge in [0.1, 0.15) is 6.10 Å². The Bertz CT molecular complexity index is 254. The van der Waals surface area contributed by atoms with Crippen molar-refractivity contribution in [3.8, 4) is 0 Å². The predicted octanol–water partition coefficient (Wildman–Crippen LogP) is 0.953. The molecular weight excluding hydrogens is 182 g/mol. The molecule has 1 fully saturated rings. The lowest BCUT2D eigenvalue weighted by molar-refractivity contribution is -0.119. The van der Waals surface area contributed by atoms with Crippen molar-refractivity contribution in [2.45, 2.75) is 32.8 Å². The van der Waals surface area contributed by atoms with Crippen LogP contribution in [0.15, 0.2) is 5.88 Å². The molecule has 0 aromatic carbocycles. The molecule has 0 heterocycles. The van der Waals surface area contributed by atoms with Crippen LogP contribution in [-0.4, -0.2) is 29.9 Å². The van der Waals surface area contributed by atoms with Crippen LogP contribution in [0.3, 0.4) is 0 Å². The third-order valence-corrected chi connectivity index (χ3v) is 2.40. The molecule has 1 saturated carbocycles. The molecule has 0 saturated heterocycles. The lowest BCUT2D eigenvalue weighted by Crippen LogP contribution is -2.26. The minimum Gasteiger partial charge on any atom is -0.467 e. The van der Waals surface area contributed by atoms with Crippen molar-refractivity contribution in [3.05, 3.63) is 5.88 Å². The van der Waals surface area contributed by atoms with Crippen molar-refractivity contribution in [2.75, 3.05) is 6.54 Å². The first-order valence-electron chi connectivity index (χ1n) is 4.86. The number of hydrogen-bond donors (Lipinski definition) is 0. The van der Waals surface area contributed by atoms with Crippen LogP contribution in [0.25, 0.3) is 0 Å². The summed E-state index contributed by atoms with van der Waals surface area (Å²) in [6.07, 6.45) is 2.86. The second kappa shape index (κ2) is 4.82. The number of rotatable bonds is 6. The molecule has 4 heteroatoms. The molecule has 1 amide bonds. The highest BCUT2D eigenvalue weighted by Crippen LogP contribution is 2.34. The van der Waals surface area contributed by atoms with E-state index in [1.807, 2.05) is 6.92 Å². The van der Waals surface area contributed by atoms with Crippen molar-refractivity contribution in [2.24, 2.45) is 5.92 Å². The van der Waals surface area contributed by atoms with Crippen molar-refractivity contribution >= 4 is 12.4 Å². The van der Waals surface area contributed by atoms with Gasteiger partial charge in [0.15, 0.2) is 5.94 Å². The topological polar surface area (TPSA) is 46.6 Å². The Balaban J connectivity index is 2.53. The summed E-state index contributed by atoms with van der Waals surface area (Å²) in [4.78, 5) is 22.3. The van der Waals surface area contributed by atoms with E-state index in [0.29, 0.717) is 18.9 Å². The van der Waals surface area contributed by atoms with Crippen LogP contribution in [0.2, 0.25) is 0 Å². The van der Waals surface area contributed by atoms with Gasteiger partial charge in [-0.3, -0.25) is 9.69 Å². The number of carbonyl (C=O) groups excluding carboxylic acids is 2. The maximum absolute atomic E-state index is 10.6. The van der Waals surface area contributed by atoms with E-state index in [1.165, 1.54) is 4.90 Å². The molecular formula is C10H15NO3. The highest BCUT2D eigenvalue weighted by atomic mass is 16.5. The normalized spacial score (nSPS) is 16.7. The standard InChI is InChI=1S/C10H15NO3/c1-3-11(7-13)10(6-12)14-8(2)9-4-5-9/h7-9H,3-5H2,1-2H3. The quantitative estimate of drug-likeness (QED) is 0.362. The van der Waals surface area contributed by atoms with E-state index in [2.05, 4.69) is 0 Å². The number of carbonyl (C=O) groups is 1. The maximum Gasteiger partial charge on any atom is 0.284 e. The Morgan fingerprint density at radius 2 is 2.36 bits per heavy atom. The average molecular weight is 197 g/mol. The van der Waals surface area contributed by atoms with Gasteiger partial charge >= 0.3 is 0 Å². The molecule has 0 aromatic rings. The molecule has 0 aromatic heterocycles. The zero-order valence-electron chi connectivity index (χ0n) is 8.53. The van der Waals surface area contributed by atoms with Crippen LogP contribution in [0.5, 0.6) is 0 Å². The van der Waals surface area contributed by atoms with Crippen LogP contribution in [0.4, 0.5) is 0 Å². The molecule has 1 aliphatic carbocycles. The molecule has 0 radical (unpaired) electrons. The summed E-state index contributed by atoms with van der Waals surface area (Å²) in [6.45, 7) is 4.11. The maximum atomic E-state index is 10.6. The molecule has 14 heavy (non-hydrogen) atoms. The molecule has 78 valence electrons. The lowest BCUT2D eigenvalue weighted by Gasteiger charge is -2.20. The van der Waals surface area contributed by atoms with Gasteiger partial charge in [-0.05, 0) is 32.6 Å². The number of nitrogens with zero attached hydrogens (tertiary/aromatic N) is 1. The number of ether oxygens (including phenoxy) is 1. The molecule has 0 bridgehead atoms. The van der Waals surface area contributed by atoms with Gasteiger partial charge < -0.3 is 4.74 Å². The second-order valence-electron chi connectivity index (χ2n) is 3.46. The van der Waals surface area contributed by atoms with E-state index in [9.17, 15) is 9.59 Å². The molecule has 1 aliphatic rings. The highest BCUT2D eigenvalue weighted by Gasteiger charge is 2.30. The Labute approximate surface area is 83.5 Å². The Hall–Kier alpha value is -1.28. The van der Waals surface area contributed by atoms with Gasteiger partial charge in [-0.25, -0.2) is 4.79 Å². The zero-order valence-corrected chi connectivity index (χ0v) is 8.53. The summed E-state index contributed by atoms with van der Waals surface area (Å²) < 4.78 is 5.36. The molecule has 1 unspecified atom stereocenters. The fraction of sp³-hybridized carbons (Fsp3) is 0.700. The Morgan fingerprint density at radius 3 is 2.71 bits per heavy atom. The van der Waals surface area contributed by atoms with Crippen molar-refractivity contribution in [3.63, 3.8) is 0 Å². The van der Waals surface area contributed by atoms with Crippen molar-refractivity contribution in [1.29, 1.82) is 0 Å². The first-order valence-corrected chi connectivity index (χ1v) is 4.86.